The Bertz CT molecular complexity index is 261. The molecule has 3 nitrogen and oxygen atoms in total. The number of hydrogen-bond acceptors (Lipinski definition) is 3. The standard InChI is InChI=1S/C16H33N3/c1-4-17-13-16(8-6-7-9-16)14-18-10-11-19(5-2)15(3)12-18/h15,17H,4-14H2,1-3H3. The fourth-order valence-corrected chi connectivity index (χ4v) is 4.06. The highest BCUT2D eigenvalue weighted by Gasteiger charge is 2.36. The maximum absolute atomic E-state index is 3.61. The minimum absolute atomic E-state index is 0.574. The normalized spacial score (nSPS) is 28.9. The lowest BCUT2D eigenvalue weighted by atomic mass is 9.85. The maximum atomic E-state index is 3.61. The Hall–Kier alpha value is -0.120. The van der Waals surface area contributed by atoms with Crippen LogP contribution in [0.1, 0.15) is 46.5 Å². The fourth-order valence-electron chi connectivity index (χ4n) is 4.06. The van der Waals surface area contributed by atoms with Crippen molar-refractivity contribution in [2.45, 2.75) is 52.5 Å². The molecule has 1 saturated carbocycles. The number of piperazine rings is 1. The Kier molecular flexibility index (Phi) is 5.67. The Labute approximate surface area is 119 Å². The van der Waals surface area contributed by atoms with E-state index in [1.165, 1.54) is 65.0 Å². The maximum Gasteiger partial charge on any atom is 0.0195 e. The van der Waals surface area contributed by atoms with E-state index in [2.05, 4.69) is 35.9 Å². The smallest absolute Gasteiger partial charge is 0.0195 e. The minimum Gasteiger partial charge on any atom is -0.316 e. The van der Waals surface area contributed by atoms with Crippen molar-refractivity contribution in [1.29, 1.82) is 0 Å². The minimum atomic E-state index is 0.574. The van der Waals surface area contributed by atoms with E-state index in [4.69, 9.17) is 0 Å². The second kappa shape index (κ2) is 7.05. The van der Waals surface area contributed by atoms with Crippen LogP contribution in [0.5, 0.6) is 0 Å². The Balaban J connectivity index is 1.87. The van der Waals surface area contributed by atoms with Gasteiger partial charge >= 0.3 is 0 Å². The van der Waals surface area contributed by atoms with E-state index in [0.717, 1.165) is 12.6 Å². The lowest BCUT2D eigenvalue weighted by molar-refractivity contribution is 0.0544. The van der Waals surface area contributed by atoms with Crippen molar-refractivity contribution in [2.75, 3.05) is 45.8 Å². The van der Waals surface area contributed by atoms with Gasteiger partial charge in [0.05, 0.1) is 0 Å². The molecule has 0 bridgehead atoms. The van der Waals surface area contributed by atoms with Gasteiger partial charge in [-0.15, -0.1) is 0 Å². The number of hydrogen-bond donors (Lipinski definition) is 1. The third-order valence-corrected chi connectivity index (χ3v) is 5.23. The van der Waals surface area contributed by atoms with Gasteiger partial charge in [-0.2, -0.15) is 0 Å². The molecule has 1 aliphatic heterocycles. The SMILES string of the molecule is CCNCC1(CN2CCN(CC)C(C)C2)CCCC1. The first-order valence-electron chi connectivity index (χ1n) is 8.36. The Morgan fingerprint density at radius 1 is 1.16 bits per heavy atom. The Morgan fingerprint density at radius 3 is 2.47 bits per heavy atom. The molecule has 2 aliphatic rings. The van der Waals surface area contributed by atoms with Gasteiger partial charge in [-0.3, -0.25) is 9.80 Å². The van der Waals surface area contributed by atoms with Crippen molar-refractivity contribution >= 4 is 0 Å². The van der Waals surface area contributed by atoms with Crippen LogP contribution in [0.25, 0.3) is 0 Å². The number of nitrogens with zero attached hydrogens (tertiary/aromatic N) is 2. The van der Waals surface area contributed by atoms with Gasteiger partial charge in [0.1, 0.15) is 0 Å². The van der Waals surface area contributed by atoms with Crippen LogP contribution in [0, 0.1) is 5.41 Å². The molecular formula is C16H33N3. The van der Waals surface area contributed by atoms with Gasteiger partial charge < -0.3 is 5.32 Å². The third kappa shape index (κ3) is 3.93. The van der Waals surface area contributed by atoms with Crippen molar-refractivity contribution in [2.24, 2.45) is 5.41 Å². The van der Waals surface area contributed by atoms with Crippen LogP contribution in [-0.4, -0.2) is 61.7 Å². The van der Waals surface area contributed by atoms with Gasteiger partial charge in [0.2, 0.25) is 0 Å². The largest absolute Gasteiger partial charge is 0.316 e. The van der Waals surface area contributed by atoms with Crippen molar-refractivity contribution in [1.82, 2.24) is 15.1 Å². The summed E-state index contributed by atoms with van der Waals surface area (Å²) in [7, 11) is 0. The molecule has 1 heterocycles. The van der Waals surface area contributed by atoms with E-state index in [0.29, 0.717) is 5.41 Å². The monoisotopic (exact) mass is 267 g/mol. The summed E-state index contributed by atoms with van der Waals surface area (Å²) in [5.74, 6) is 0. The van der Waals surface area contributed by atoms with E-state index in [9.17, 15) is 0 Å². The van der Waals surface area contributed by atoms with E-state index < -0.39 is 0 Å². The van der Waals surface area contributed by atoms with E-state index in [-0.39, 0.29) is 0 Å². The summed E-state index contributed by atoms with van der Waals surface area (Å²) in [6, 6.07) is 0.733. The number of nitrogens with one attached hydrogen (secondary N) is 1. The average molecular weight is 267 g/mol. The molecule has 0 aromatic carbocycles. The molecule has 0 spiro atoms. The van der Waals surface area contributed by atoms with Crippen LogP contribution in [0.4, 0.5) is 0 Å². The summed E-state index contributed by atoms with van der Waals surface area (Å²) in [5, 5.41) is 3.61. The summed E-state index contributed by atoms with van der Waals surface area (Å²) in [5.41, 5.74) is 0.574. The molecule has 0 aromatic heterocycles. The van der Waals surface area contributed by atoms with E-state index in [1.807, 2.05) is 0 Å². The molecule has 0 radical (unpaired) electrons. The van der Waals surface area contributed by atoms with Crippen LogP contribution < -0.4 is 5.32 Å². The van der Waals surface area contributed by atoms with Crippen LogP contribution in [0.3, 0.4) is 0 Å². The van der Waals surface area contributed by atoms with Crippen molar-refractivity contribution in [3.63, 3.8) is 0 Å². The molecule has 1 aliphatic carbocycles. The predicted octanol–water partition coefficient (Wildman–Crippen LogP) is 2.18. The van der Waals surface area contributed by atoms with E-state index in [1.54, 1.807) is 0 Å². The Morgan fingerprint density at radius 2 is 1.89 bits per heavy atom. The van der Waals surface area contributed by atoms with Gasteiger partial charge in [-0.05, 0) is 38.3 Å². The van der Waals surface area contributed by atoms with Crippen LogP contribution in [0.2, 0.25) is 0 Å². The van der Waals surface area contributed by atoms with Gasteiger partial charge in [0.15, 0.2) is 0 Å². The lowest BCUT2D eigenvalue weighted by Crippen LogP contribution is -2.54. The van der Waals surface area contributed by atoms with Crippen LogP contribution >= 0.6 is 0 Å². The first-order chi connectivity index (χ1) is 9.19. The van der Waals surface area contributed by atoms with E-state index >= 15 is 0 Å². The third-order valence-electron chi connectivity index (χ3n) is 5.23. The quantitative estimate of drug-likeness (QED) is 0.796. The zero-order valence-corrected chi connectivity index (χ0v) is 13.2. The average Bonchev–Trinajstić information content (AvgIpc) is 2.86. The lowest BCUT2D eigenvalue weighted by Gasteiger charge is -2.43. The zero-order chi connectivity index (χ0) is 13.7. The predicted molar refractivity (Wildman–Crippen MR) is 82.6 cm³/mol. The highest BCUT2D eigenvalue weighted by atomic mass is 15.3. The fraction of sp³-hybridized carbons (Fsp3) is 1.00. The molecule has 1 unspecified atom stereocenters. The van der Waals surface area contributed by atoms with Gasteiger partial charge in [0, 0.05) is 38.8 Å². The molecule has 2 fully saturated rings. The molecule has 0 amide bonds. The zero-order valence-electron chi connectivity index (χ0n) is 13.2. The summed E-state index contributed by atoms with van der Waals surface area (Å²) < 4.78 is 0. The molecule has 112 valence electrons. The summed E-state index contributed by atoms with van der Waals surface area (Å²) >= 11 is 0. The van der Waals surface area contributed by atoms with Gasteiger partial charge in [-0.25, -0.2) is 0 Å². The van der Waals surface area contributed by atoms with Crippen molar-refractivity contribution < 1.29 is 0 Å². The van der Waals surface area contributed by atoms with Crippen LogP contribution in [-0.2, 0) is 0 Å². The topological polar surface area (TPSA) is 18.5 Å². The summed E-state index contributed by atoms with van der Waals surface area (Å²) in [6.45, 7) is 15.6. The second-order valence-corrected chi connectivity index (χ2v) is 6.70. The molecule has 19 heavy (non-hydrogen) atoms. The number of likely N-dealkylation sites (N-methyl/N-ethyl adjacent to an activating group) is 1. The molecule has 0 aromatic rings. The molecule has 2 rings (SSSR count). The summed E-state index contributed by atoms with van der Waals surface area (Å²) in [6.07, 6.45) is 5.75. The molecule has 1 N–H and O–H groups in total. The highest BCUT2D eigenvalue weighted by Crippen LogP contribution is 2.38. The molecular weight excluding hydrogens is 234 g/mol. The van der Waals surface area contributed by atoms with Crippen molar-refractivity contribution in [3.8, 4) is 0 Å². The first-order valence-corrected chi connectivity index (χ1v) is 8.36. The molecule has 3 heteroatoms. The number of rotatable bonds is 6. The second-order valence-electron chi connectivity index (χ2n) is 6.70. The van der Waals surface area contributed by atoms with Crippen LogP contribution in [0.15, 0.2) is 0 Å². The summed E-state index contributed by atoms with van der Waals surface area (Å²) in [4.78, 5) is 5.35. The molecule has 1 atom stereocenters. The highest BCUT2D eigenvalue weighted by molar-refractivity contribution is 4.91. The first kappa shape index (κ1) is 15.3. The van der Waals surface area contributed by atoms with Gasteiger partial charge in [0.25, 0.3) is 0 Å². The van der Waals surface area contributed by atoms with Gasteiger partial charge in [-0.1, -0.05) is 26.7 Å². The molecule has 1 saturated heterocycles. The van der Waals surface area contributed by atoms with Crippen molar-refractivity contribution in [3.05, 3.63) is 0 Å².